The van der Waals surface area contributed by atoms with Crippen molar-refractivity contribution in [1.29, 1.82) is 0 Å². The molecule has 1 aliphatic rings. The first-order valence-electron chi connectivity index (χ1n) is 11.3. The average Bonchev–Trinajstić information content (AvgIpc) is 3.36. The number of nitrogens with one attached hydrogen (secondary N) is 3. The summed E-state index contributed by atoms with van der Waals surface area (Å²) >= 11 is 0. The molecule has 31 heavy (non-hydrogen) atoms. The molecule has 8 heteroatoms. The standard InChI is InChI=1S/C23H34BN3O4/c1-15(2)11-21(24(30)31)27-23(29)16(13-22(28)26-18-7-3-4-8-18)12-17-14-25-20-10-6-5-9-19(17)20/h5-6,9-10,14-16,18,21,25,30-31H,3-4,7-8,11-13H2,1-2H3,(H,26,28)(H,27,29)/t16-,21+/m1/s1. The molecule has 1 fully saturated rings. The highest BCUT2D eigenvalue weighted by Gasteiger charge is 2.31. The van der Waals surface area contributed by atoms with Crippen LogP contribution >= 0.6 is 0 Å². The number of hydrogen-bond donors (Lipinski definition) is 5. The number of fused-ring (bicyclic) bond motifs is 1. The van der Waals surface area contributed by atoms with Crippen LogP contribution in [0.25, 0.3) is 10.9 Å². The van der Waals surface area contributed by atoms with E-state index in [4.69, 9.17) is 0 Å². The van der Waals surface area contributed by atoms with Crippen molar-refractivity contribution >= 4 is 29.8 Å². The van der Waals surface area contributed by atoms with Crippen LogP contribution in [0.2, 0.25) is 0 Å². The third-order valence-corrected chi connectivity index (χ3v) is 6.08. The van der Waals surface area contributed by atoms with E-state index in [1.54, 1.807) is 0 Å². The summed E-state index contributed by atoms with van der Waals surface area (Å²) in [5, 5.41) is 26.3. The van der Waals surface area contributed by atoms with Crippen LogP contribution in [0.1, 0.15) is 57.9 Å². The number of benzene rings is 1. The quantitative estimate of drug-likeness (QED) is 0.375. The number of carbonyl (C=O) groups is 2. The van der Waals surface area contributed by atoms with Crippen molar-refractivity contribution in [2.24, 2.45) is 11.8 Å². The van der Waals surface area contributed by atoms with Gasteiger partial charge in [0, 0.05) is 29.6 Å². The second-order valence-corrected chi connectivity index (χ2v) is 9.17. The largest absolute Gasteiger partial charge is 0.475 e. The molecule has 1 aliphatic carbocycles. The lowest BCUT2D eigenvalue weighted by molar-refractivity contribution is -0.130. The third-order valence-electron chi connectivity index (χ3n) is 6.08. The molecule has 168 valence electrons. The Labute approximate surface area is 184 Å². The zero-order valence-corrected chi connectivity index (χ0v) is 18.4. The second kappa shape index (κ2) is 10.8. The maximum absolute atomic E-state index is 13.2. The van der Waals surface area contributed by atoms with Gasteiger partial charge in [-0.05, 0) is 43.2 Å². The Morgan fingerprint density at radius 2 is 1.90 bits per heavy atom. The normalized spacial score (nSPS) is 16.4. The summed E-state index contributed by atoms with van der Waals surface area (Å²) in [7, 11) is -1.65. The van der Waals surface area contributed by atoms with Crippen molar-refractivity contribution in [3.05, 3.63) is 36.0 Å². The molecule has 2 atom stereocenters. The minimum atomic E-state index is -1.65. The fraction of sp³-hybridized carbons (Fsp3) is 0.565. The summed E-state index contributed by atoms with van der Waals surface area (Å²) in [5.41, 5.74) is 1.95. The fourth-order valence-electron chi connectivity index (χ4n) is 4.47. The van der Waals surface area contributed by atoms with Crippen LogP contribution in [0.4, 0.5) is 0 Å². The molecular formula is C23H34BN3O4. The van der Waals surface area contributed by atoms with Crippen LogP contribution < -0.4 is 10.6 Å². The summed E-state index contributed by atoms with van der Waals surface area (Å²) in [6.45, 7) is 3.92. The highest BCUT2D eigenvalue weighted by atomic mass is 16.4. The zero-order valence-electron chi connectivity index (χ0n) is 18.4. The molecule has 0 radical (unpaired) electrons. The molecule has 7 nitrogen and oxygen atoms in total. The van der Waals surface area contributed by atoms with E-state index in [-0.39, 0.29) is 30.2 Å². The Kier molecular flexibility index (Phi) is 8.15. The summed E-state index contributed by atoms with van der Waals surface area (Å²) in [4.78, 5) is 29.1. The molecule has 0 saturated heterocycles. The zero-order chi connectivity index (χ0) is 22.4. The first-order valence-corrected chi connectivity index (χ1v) is 11.3. The maximum Gasteiger partial charge on any atom is 0.475 e. The number of para-hydroxylation sites is 1. The van der Waals surface area contributed by atoms with Crippen LogP contribution in [0.3, 0.4) is 0 Å². The minimum absolute atomic E-state index is 0.0672. The van der Waals surface area contributed by atoms with Crippen LogP contribution in [0.5, 0.6) is 0 Å². The van der Waals surface area contributed by atoms with Crippen molar-refractivity contribution in [2.75, 3.05) is 0 Å². The van der Waals surface area contributed by atoms with Gasteiger partial charge < -0.3 is 25.7 Å². The summed E-state index contributed by atoms with van der Waals surface area (Å²) < 4.78 is 0. The van der Waals surface area contributed by atoms with E-state index in [9.17, 15) is 19.6 Å². The van der Waals surface area contributed by atoms with E-state index in [0.717, 1.165) is 42.1 Å². The molecule has 0 aliphatic heterocycles. The van der Waals surface area contributed by atoms with Gasteiger partial charge in [-0.3, -0.25) is 9.59 Å². The van der Waals surface area contributed by atoms with Crippen molar-refractivity contribution in [1.82, 2.24) is 15.6 Å². The predicted molar refractivity (Wildman–Crippen MR) is 122 cm³/mol. The highest BCUT2D eigenvalue weighted by molar-refractivity contribution is 6.43. The van der Waals surface area contributed by atoms with Crippen molar-refractivity contribution < 1.29 is 19.6 Å². The fourth-order valence-corrected chi connectivity index (χ4v) is 4.47. The van der Waals surface area contributed by atoms with E-state index < -0.39 is 19.0 Å². The van der Waals surface area contributed by atoms with E-state index in [1.807, 2.05) is 44.3 Å². The molecule has 3 rings (SSSR count). The van der Waals surface area contributed by atoms with Crippen LogP contribution in [0, 0.1) is 11.8 Å². The SMILES string of the molecule is CC(C)C[C@H](NC(=O)[C@@H](CC(=O)NC1CCCC1)Cc1c[nH]c2ccccc12)B(O)O. The van der Waals surface area contributed by atoms with Gasteiger partial charge >= 0.3 is 7.12 Å². The van der Waals surface area contributed by atoms with Crippen LogP contribution in [-0.4, -0.2) is 45.9 Å². The number of H-pyrrole nitrogens is 1. The van der Waals surface area contributed by atoms with Gasteiger partial charge in [0.2, 0.25) is 11.8 Å². The van der Waals surface area contributed by atoms with Crippen molar-refractivity contribution in [3.63, 3.8) is 0 Å². The van der Waals surface area contributed by atoms with Crippen LogP contribution in [-0.2, 0) is 16.0 Å². The Hall–Kier alpha value is -2.32. The summed E-state index contributed by atoms with van der Waals surface area (Å²) in [6.07, 6.45) is 6.99. The molecule has 0 spiro atoms. The molecule has 1 saturated carbocycles. The molecule has 1 aromatic carbocycles. The van der Waals surface area contributed by atoms with Gasteiger partial charge in [-0.2, -0.15) is 0 Å². The predicted octanol–water partition coefficient (Wildman–Crippen LogP) is 2.32. The first kappa shape index (κ1) is 23.4. The number of rotatable bonds is 10. The lowest BCUT2D eigenvalue weighted by Crippen LogP contribution is -2.50. The van der Waals surface area contributed by atoms with Gasteiger partial charge in [-0.15, -0.1) is 0 Å². The van der Waals surface area contributed by atoms with Gasteiger partial charge in [-0.25, -0.2) is 0 Å². The molecule has 5 N–H and O–H groups in total. The second-order valence-electron chi connectivity index (χ2n) is 9.17. The van der Waals surface area contributed by atoms with E-state index in [2.05, 4.69) is 15.6 Å². The van der Waals surface area contributed by atoms with Crippen molar-refractivity contribution in [3.8, 4) is 0 Å². The minimum Gasteiger partial charge on any atom is -0.426 e. The molecule has 2 aromatic rings. The summed E-state index contributed by atoms with van der Waals surface area (Å²) in [6, 6.07) is 8.05. The molecule has 1 heterocycles. The van der Waals surface area contributed by atoms with Crippen molar-refractivity contribution in [2.45, 2.75) is 70.8 Å². The van der Waals surface area contributed by atoms with E-state index >= 15 is 0 Å². The lowest BCUT2D eigenvalue weighted by atomic mass is 9.74. The number of aromatic amines is 1. The Bertz CT molecular complexity index is 877. The monoisotopic (exact) mass is 427 g/mol. The molecular weight excluding hydrogens is 393 g/mol. The smallest absolute Gasteiger partial charge is 0.426 e. The summed E-state index contributed by atoms with van der Waals surface area (Å²) in [5.74, 6) is -1.64. The number of aromatic nitrogens is 1. The first-order chi connectivity index (χ1) is 14.8. The molecule has 1 aromatic heterocycles. The topological polar surface area (TPSA) is 114 Å². The van der Waals surface area contributed by atoms with Gasteiger partial charge in [-0.1, -0.05) is 44.9 Å². The molecule has 0 unspecified atom stereocenters. The maximum atomic E-state index is 13.2. The van der Waals surface area contributed by atoms with Gasteiger partial charge in [0.05, 0.1) is 11.9 Å². The average molecular weight is 427 g/mol. The van der Waals surface area contributed by atoms with E-state index in [1.165, 1.54) is 0 Å². The van der Waals surface area contributed by atoms with Gasteiger partial charge in [0.1, 0.15) is 0 Å². The van der Waals surface area contributed by atoms with E-state index in [0.29, 0.717) is 12.8 Å². The molecule has 0 bridgehead atoms. The number of amides is 2. The lowest BCUT2D eigenvalue weighted by Gasteiger charge is -2.24. The van der Waals surface area contributed by atoms with Gasteiger partial charge in [0.15, 0.2) is 0 Å². The number of carbonyl (C=O) groups excluding carboxylic acids is 2. The Morgan fingerprint density at radius 1 is 1.19 bits per heavy atom. The highest BCUT2D eigenvalue weighted by Crippen LogP contribution is 2.23. The Balaban J connectivity index is 1.75. The van der Waals surface area contributed by atoms with Gasteiger partial charge in [0.25, 0.3) is 0 Å². The number of hydrogen-bond acceptors (Lipinski definition) is 4. The molecule has 2 amide bonds. The van der Waals surface area contributed by atoms with Crippen LogP contribution in [0.15, 0.2) is 30.5 Å². The third kappa shape index (κ3) is 6.58. The Morgan fingerprint density at radius 3 is 2.58 bits per heavy atom.